The van der Waals surface area contributed by atoms with Crippen LogP contribution in [-0.2, 0) is 4.79 Å². The summed E-state index contributed by atoms with van der Waals surface area (Å²) in [7, 11) is 1.63. The highest BCUT2D eigenvalue weighted by Crippen LogP contribution is 2.23. The van der Waals surface area contributed by atoms with Gasteiger partial charge in [-0.15, -0.1) is 0 Å². The van der Waals surface area contributed by atoms with Crippen molar-refractivity contribution < 1.29 is 14.3 Å². The first-order valence-corrected chi connectivity index (χ1v) is 8.69. The van der Waals surface area contributed by atoms with Crippen LogP contribution in [0.25, 0.3) is 0 Å². The van der Waals surface area contributed by atoms with Crippen LogP contribution >= 0.6 is 11.6 Å². The lowest BCUT2D eigenvalue weighted by Gasteiger charge is -2.21. The van der Waals surface area contributed by atoms with Gasteiger partial charge in [0.1, 0.15) is 11.5 Å². The largest absolute Gasteiger partial charge is 0.497 e. The quantitative estimate of drug-likeness (QED) is 0.778. The zero-order chi connectivity index (χ0) is 18.4. The lowest BCUT2D eigenvalue weighted by Crippen LogP contribution is -2.38. The number of halogens is 1. The number of hydrogen-bond acceptors (Lipinski definition) is 3. The predicted molar refractivity (Wildman–Crippen MR) is 100 cm³/mol. The average molecular weight is 362 g/mol. The summed E-state index contributed by atoms with van der Waals surface area (Å²) in [5.74, 6) is 1.26. The van der Waals surface area contributed by atoms with E-state index in [1.807, 2.05) is 44.2 Å². The fourth-order valence-corrected chi connectivity index (χ4v) is 2.61. The van der Waals surface area contributed by atoms with Crippen molar-refractivity contribution in [2.24, 2.45) is 0 Å². The van der Waals surface area contributed by atoms with Gasteiger partial charge in [-0.25, -0.2) is 0 Å². The molecule has 1 N–H and O–H groups in total. The molecule has 1 amide bonds. The summed E-state index contributed by atoms with van der Waals surface area (Å²) in [5.41, 5.74) is 1.95. The number of nitrogens with one attached hydrogen (secondary N) is 1. The van der Waals surface area contributed by atoms with Crippen LogP contribution in [0.2, 0.25) is 5.02 Å². The van der Waals surface area contributed by atoms with Crippen LogP contribution in [0.5, 0.6) is 11.5 Å². The van der Waals surface area contributed by atoms with Crippen molar-refractivity contribution in [1.29, 1.82) is 0 Å². The van der Waals surface area contributed by atoms with Gasteiger partial charge in [-0.05, 0) is 61.7 Å². The number of amides is 1. The molecular weight excluding hydrogens is 338 g/mol. The van der Waals surface area contributed by atoms with Crippen LogP contribution in [0.15, 0.2) is 42.5 Å². The molecule has 2 aromatic carbocycles. The second-order valence-electron chi connectivity index (χ2n) is 5.91. The molecule has 0 bridgehead atoms. The monoisotopic (exact) mass is 361 g/mol. The molecule has 134 valence electrons. The van der Waals surface area contributed by atoms with Crippen LogP contribution in [0.4, 0.5) is 0 Å². The van der Waals surface area contributed by atoms with Crippen molar-refractivity contribution in [2.45, 2.75) is 39.3 Å². The number of carbonyl (C=O) groups excluding carboxylic acids is 1. The molecule has 0 aromatic heterocycles. The van der Waals surface area contributed by atoms with Gasteiger partial charge in [-0.3, -0.25) is 4.79 Å². The Labute approximate surface area is 154 Å². The lowest BCUT2D eigenvalue weighted by molar-refractivity contribution is -0.128. The van der Waals surface area contributed by atoms with Crippen molar-refractivity contribution in [3.8, 4) is 11.5 Å². The minimum absolute atomic E-state index is 0.0728. The molecule has 0 unspecified atom stereocenters. The summed E-state index contributed by atoms with van der Waals surface area (Å²) >= 11 is 6.01. The van der Waals surface area contributed by atoms with Crippen LogP contribution in [0.1, 0.15) is 37.4 Å². The molecule has 0 radical (unpaired) electrons. The highest BCUT2D eigenvalue weighted by molar-refractivity contribution is 6.31. The van der Waals surface area contributed by atoms with Gasteiger partial charge in [0.05, 0.1) is 13.2 Å². The third kappa shape index (κ3) is 5.13. The first kappa shape index (κ1) is 19.1. The van der Waals surface area contributed by atoms with Gasteiger partial charge in [0.2, 0.25) is 0 Å². The molecule has 2 aromatic rings. The van der Waals surface area contributed by atoms with E-state index >= 15 is 0 Å². The topological polar surface area (TPSA) is 47.6 Å². The molecule has 0 saturated heterocycles. The van der Waals surface area contributed by atoms with E-state index < -0.39 is 6.10 Å². The SMILES string of the molecule is CC[C@@H](NC(=O)[C@H](C)Oc1ccc(Cl)c(C)c1)c1ccc(OC)cc1. The van der Waals surface area contributed by atoms with Gasteiger partial charge in [0.25, 0.3) is 5.91 Å². The number of hydrogen-bond donors (Lipinski definition) is 1. The van der Waals surface area contributed by atoms with Crippen molar-refractivity contribution in [2.75, 3.05) is 7.11 Å². The van der Waals surface area contributed by atoms with E-state index in [1.165, 1.54) is 0 Å². The maximum absolute atomic E-state index is 12.5. The Kier molecular flexibility index (Phi) is 6.71. The Morgan fingerprint density at radius 3 is 2.36 bits per heavy atom. The van der Waals surface area contributed by atoms with E-state index in [1.54, 1.807) is 26.2 Å². The Morgan fingerprint density at radius 2 is 1.80 bits per heavy atom. The number of ether oxygens (including phenoxy) is 2. The standard InChI is InChI=1S/C20H24ClNO3/c1-5-19(15-6-8-16(24-4)9-7-15)22-20(23)14(3)25-17-10-11-18(21)13(2)12-17/h6-12,14,19H,5H2,1-4H3,(H,22,23)/t14-,19+/m0/s1. The minimum atomic E-state index is -0.604. The second kappa shape index (κ2) is 8.77. The molecule has 0 saturated carbocycles. The fraction of sp³-hybridized carbons (Fsp3) is 0.350. The third-order valence-corrected chi connectivity index (χ3v) is 4.48. The van der Waals surface area contributed by atoms with Gasteiger partial charge < -0.3 is 14.8 Å². The highest BCUT2D eigenvalue weighted by Gasteiger charge is 2.19. The molecule has 0 aliphatic rings. The molecule has 0 spiro atoms. The van der Waals surface area contributed by atoms with Gasteiger partial charge in [-0.1, -0.05) is 30.7 Å². The predicted octanol–water partition coefficient (Wildman–Crippen LogP) is 4.69. The smallest absolute Gasteiger partial charge is 0.261 e. The first-order valence-electron chi connectivity index (χ1n) is 8.31. The van der Waals surface area contributed by atoms with E-state index in [0.717, 1.165) is 23.3 Å². The van der Waals surface area contributed by atoms with Gasteiger partial charge in [-0.2, -0.15) is 0 Å². The maximum Gasteiger partial charge on any atom is 0.261 e. The summed E-state index contributed by atoms with van der Waals surface area (Å²) in [6.07, 6.45) is 0.179. The van der Waals surface area contributed by atoms with Crippen molar-refractivity contribution >= 4 is 17.5 Å². The van der Waals surface area contributed by atoms with Crippen molar-refractivity contribution in [1.82, 2.24) is 5.32 Å². The normalized spacial score (nSPS) is 13.0. The van der Waals surface area contributed by atoms with E-state index in [-0.39, 0.29) is 11.9 Å². The van der Waals surface area contributed by atoms with Crippen molar-refractivity contribution in [3.63, 3.8) is 0 Å². The Hall–Kier alpha value is -2.20. The Bertz CT molecular complexity index is 715. The molecule has 2 atom stereocenters. The third-order valence-electron chi connectivity index (χ3n) is 4.05. The van der Waals surface area contributed by atoms with Gasteiger partial charge in [0.15, 0.2) is 6.10 Å². The summed E-state index contributed by atoms with van der Waals surface area (Å²) in [6, 6.07) is 13.0. The zero-order valence-electron chi connectivity index (χ0n) is 15.0. The summed E-state index contributed by atoms with van der Waals surface area (Å²) in [6.45, 7) is 5.67. The fourth-order valence-electron chi connectivity index (χ4n) is 2.49. The minimum Gasteiger partial charge on any atom is -0.497 e. The van der Waals surface area contributed by atoms with Crippen LogP contribution < -0.4 is 14.8 Å². The highest BCUT2D eigenvalue weighted by atomic mass is 35.5. The molecule has 0 fully saturated rings. The van der Waals surface area contributed by atoms with E-state index in [0.29, 0.717) is 10.8 Å². The van der Waals surface area contributed by atoms with E-state index in [2.05, 4.69) is 5.32 Å². The summed E-state index contributed by atoms with van der Waals surface area (Å²) in [4.78, 5) is 12.5. The summed E-state index contributed by atoms with van der Waals surface area (Å²) in [5, 5.41) is 3.71. The van der Waals surface area contributed by atoms with Gasteiger partial charge >= 0.3 is 0 Å². The molecule has 0 heterocycles. The zero-order valence-corrected chi connectivity index (χ0v) is 15.8. The van der Waals surface area contributed by atoms with Gasteiger partial charge in [0, 0.05) is 5.02 Å². The number of methoxy groups -OCH3 is 1. The lowest BCUT2D eigenvalue weighted by atomic mass is 10.0. The molecule has 0 aliphatic heterocycles. The number of rotatable bonds is 7. The van der Waals surface area contributed by atoms with Crippen LogP contribution in [0.3, 0.4) is 0 Å². The van der Waals surface area contributed by atoms with Crippen molar-refractivity contribution in [3.05, 3.63) is 58.6 Å². The molecule has 2 rings (SSSR count). The number of aryl methyl sites for hydroxylation is 1. The molecule has 0 aliphatic carbocycles. The molecule has 5 heteroatoms. The molecule has 4 nitrogen and oxygen atoms in total. The average Bonchev–Trinajstić information content (AvgIpc) is 2.62. The van der Waals surface area contributed by atoms with Crippen LogP contribution in [0, 0.1) is 6.92 Å². The second-order valence-corrected chi connectivity index (χ2v) is 6.32. The number of benzene rings is 2. The molecule has 25 heavy (non-hydrogen) atoms. The van der Waals surface area contributed by atoms with Crippen LogP contribution in [-0.4, -0.2) is 19.1 Å². The number of carbonyl (C=O) groups is 1. The molecular formula is C20H24ClNO3. The Morgan fingerprint density at radius 1 is 1.16 bits per heavy atom. The van der Waals surface area contributed by atoms with E-state index in [9.17, 15) is 4.79 Å². The maximum atomic E-state index is 12.5. The summed E-state index contributed by atoms with van der Waals surface area (Å²) < 4.78 is 10.9. The Balaban J connectivity index is 2.01. The van der Waals surface area contributed by atoms with E-state index in [4.69, 9.17) is 21.1 Å². The first-order chi connectivity index (χ1) is 11.9.